The number of aryl methyl sites for hydroxylation is 1. The Balaban J connectivity index is 2.48. The second-order valence-corrected chi connectivity index (χ2v) is 3.41. The molecule has 66 valence electrons. The molecule has 4 nitrogen and oxygen atoms in total. The van der Waals surface area contributed by atoms with Crippen molar-refractivity contribution in [3.63, 3.8) is 0 Å². The van der Waals surface area contributed by atoms with Crippen LogP contribution in [0.4, 0.5) is 0 Å². The molecular weight excluding hydrogens is 232 g/mol. The van der Waals surface area contributed by atoms with Crippen LogP contribution in [0.2, 0.25) is 0 Å². The minimum absolute atomic E-state index is 0.580. The number of hydrogen-bond donors (Lipinski definition) is 0. The van der Waals surface area contributed by atoms with E-state index in [2.05, 4.69) is 31.0 Å². The average molecular weight is 239 g/mol. The average Bonchev–Trinajstić information content (AvgIpc) is 2.49. The van der Waals surface area contributed by atoms with Gasteiger partial charge in [0.1, 0.15) is 0 Å². The Labute approximate surface area is 83.8 Å². The monoisotopic (exact) mass is 238 g/mol. The fourth-order valence-corrected chi connectivity index (χ4v) is 1.22. The van der Waals surface area contributed by atoms with Gasteiger partial charge in [-0.05, 0) is 28.9 Å². The van der Waals surface area contributed by atoms with E-state index in [-0.39, 0.29) is 0 Å². The summed E-state index contributed by atoms with van der Waals surface area (Å²) >= 11 is 3.37. The van der Waals surface area contributed by atoms with E-state index in [1.807, 2.05) is 13.1 Å². The molecule has 5 heteroatoms. The topological polar surface area (TPSA) is 43.6 Å². The van der Waals surface area contributed by atoms with Gasteiger partial charge in [-0.2, -0.15) is 5.10 Å². The third-order valence-electron chi connectivity index (χ3n) is 1.60. The molecule has 0 radical (unpaired) electrons. The Kier molecular flexibility index (Phi) is 2.10. The van der Waals surface area contributed by atoms with Crippen molar-refractivity contribution in [1.82, 2.24) is 19.7 Å². The van der Waals surface area contributed by atoms with Gasteiger partial charge in [-0.15, -0.1) is 0 Å². The van der Waals surface area contributed by atoms with Crippen molar-refractivity contribution in [1.29, 1.82) is 0 Å². The van der Waals surface area contributed by atoms with Gasteiger partial charge in [0.2, 0.25) is 5.95 Å². The minimum atomic E-state index is 0.580. The Hall–Kier alpha value is -1.23. The van der Waals surface area contributed by atoms with E-state index >= 15 is 0 Å². The normalized spacial score (nSPS) is 10.3. The summed E-state index contributed by atoms with van der Waals surface area (Å²) in [5.74, 6) is 0.580. The lowest BCUT2D eigenvalue weighted by Gasteiger charge is -1.95. The van der Waals surface area contributed by atoms with Gasteiger partial charge >= 0.3 is 0 Å². The van der Waals surface area contributed by atoms with E-state index in [0.717, 1.165) is 10.2 Å². The highest BCUT2D eigenvalue weighted by Gasteiger charge is 2.03. The van der Waals surface area contributed by atoms with Crippen LogP contribution in [0.1, 0.15) is 5.69 Å². The van der Waals surface area contributed by atoms with E-state index in [9.17, 15) is 0 Å². The van der Waals surface area contributed by atoms with E-state index in [1.165, 1.54) is 0 Å². The Bertz CT molecular complexity index is 390. The van der Waals surface area contributed by atoms with Crippen molar-refractivity contribution < 1.29 is 0 Å². The Morgan fingerprint density at radius 2 is 2.00 bits per heavy atom. The molecule has 0 N–H and O–H groups in total. The van der Waals surface area contributed by atoms with Gasteiger partial charge in [-0.1, -0.05) is 0 Å². The predicted octanol–water partition coefficient (Wildman–Crippen LogP) is 1.73. The quantitative estimate of drug-likeness (QED) is 0.761. The molecular formula is C8H7BrN4. The Morgan fingerprint density at radius 3 is 2.54 bits per heavy atom. The zero-order valence-electron chi connectivity index (χ0n) is 6.98. The van der Waals surface area contributed by atoms with Crippen LogP contribution in [0.3, 0.4) is 0 Å². The molecule has 0 aromatic carbocycles. The lowest BCUT2D eigenvalue weighted by atomic mass is 10.5. The van der Waals surface area contributed by atoms with Crippen LogP contribution in [0, 0.1) is 6.92 Å². The summed E-state index contributed by atoms with van der Waals surface area (Å²) in [5, 5.41) is 4.23. The molecule has 2 aromatic heterocycles. The molecule has 2 aromatic rings. The first-order valence-electron chi connectivity index (χ1n) is 3.76. The van der Waals surface area contributed by atoms with Crippen molar-refractivity contribution >= 4 is 15.9 Å². The summed E-state index contributed by atoms with van der Waals surface area (Å²) in [7, 11) is 0. The van der Waals surface area contributed by atoms with Crippen LogP contribution < -0.4 is 0 Å². The molecule has 0 saturated carbocycles. The number of nitrogens with zero attached hydrogens (tertiary/aromatic N) is 4. The zero-order chi connectivity index (χ0) is 9.26. The van der Waals surface area contributed by atoms with Crippen LogP contribution >= 0.6 is 15.9 Å². The van der Waals surface area contributed by atoms with Gasteiger partial charge in [-0.25, -0.2) is 14.6 Å². The molecule has 0 aliphatic heterocycles. The SMILES string of the molecule is Cc1nn(-c2ncccn2)cc1Br. The molecule has 0 atom stereocenters. The summed E-state index contributed by atoms with van der Waals surface area (Å²) in [6.45, 7) is 1.92. The highest BCUT2D eigenvalue weighted by molar-refractivity contribution is 9.10. The number of aromatic nitrogens is 4. The summed E-state index contributed by atoms with van der Waals surface area (Å²) in [4.78, 5) is 8.14. The molecule has 0 unspecified atom stereocenters. The standard InChI is InChI=1S/C8H7BrN4/c1-6-7(9)5-13(12-6)8-10-3-2-4-11-8/h2-5H,1H3. The highest BCUT2D eigenvalue weighted by Crippen LogP contribution is 2.14. The van der Waals surface area contributed by atoms with Gasteiger partial charge < -0.3 is 0 Å². The zero-order valence-corrected chi connectivity index (χ0v) is 8.56. The lowest BCUT2D eigenvalue weighted by molar-refractivity contribution is 0.797. The van der Waals surface area contributed by atoms with Crippen molar-refractivity contribution in [3.8, 4) is 5.95 Å². The smallest absolute Gasteiger partial charge is 0.220 e. The molecule has 0 amide bonds. The summed E-state index contributed by atoms with van der Waals surface area (Å²) in [6.07, 6.45) is 5.21. The predicted molar refractivity (Wildman–Crippen MR) is 51.6 cm³/mol. The Morgan fingerprint density at radius 1 is 1.31 bits per heavy atom. The molecule has 0 aliphatic carbocycles. The van der Waals surface area contributed by atoms with Crippen LogP contribution in [-0.4, -0.2) is 19.7 Å². The molecule has 2 rings (SSSR count). The van der Waals surface area contributed by atoms with E-state index in [4.69, 9.17) is 0 Å². The van der Waals surface area contributed by atoms with Crippen LogP contribution in [0.25, 0.3) is 5.95 Å². The van der Waals surface area contributed by atoms with Gasteiger partial charge in [-0.3, -0.25) is 0 Å². The van der Waals surface area contributed by atoms with Crippen molar-refractivity contribution in [3.05, 3.63) is 34.8 Å². The summed E-state index contributed by atoms with van der Waals surface area (Å²) < 4.78 is 2.60. The van der Waals surface area contributed by atoms with E-state index in [1.54, 1.807) is 23.1 Å². The molecule has 2 heterocycles. The third-order valence-corrected chi connectivity index (χ3v) is 2.37. The second kappa shape index (κ2) is 3.26. The molecule has 0 fully saturated rings. The highest BCUT2D eigenvalue weighted by atomic mass is 79.9. The van der Waals surface area contributed by atoms with E-state index in [0.29, 0.717) is 5.95 Å². The molecule has 0 spiro atoms. The van der Waals surface area contributed by atoms with Gasteiger partial charge in [0.05, 0.1) is 10.2 Å². The summed E-state index contributed by atoms with van der Waals surface area (Å²) in [6, 6.07) is 1.77. The maximum atomic E-state index is 4.23. The molecule has 13 heavy (non-hydrogen) atoms. The van der Waals surface area contributed by atoms with Crippen LogP contribution in [0.5, 0.6) is 0 Å². The van der Waals surface area contributed by atoms with Crippen LogP contribution in [-0.2, 0) is 0 Å². The fraction of sp³-hybridized carbons (Fsp3) is 0.125. The van der Waals surface area contributed by atoms with Gasteiger partial charge in [0.25, 0.3) is 0 Å². The molecule has 0 aliphatic rings. The maximum Gasteiger partial charge on any atom is 0.250 e. The molecule has 0 saturated heterocycles. The number of rotatable bonds is 1. The summed E-state index contributed by atoms with van der Waals surface area (Å²) in [5.41, 5.74) is 0.924. The first-order valence-corrected chi connectivity index (χ1v) is 4.56. The lowest BCUT2D eigenvalue weighted by Crippen LogP contribution is -2.00. The first-order chi connectivity index (χ1) is 6.27. The number of halogens is 1. The van der Waals surface area contributed by atoms with Crippen molar-refractivity contribution in [2.24, 2.45) is 0 Å². The second-order valence-electron chi connectivity index (χ2n) is 2.56. The minimum Gasteiger partial charge on any atom is -0.220 e. The van der Waals surface area contributed by atoms with Gasteiger partial charge in [0.15, 0.2) is 0 Å². The number of hydrogen-bond acceptors (Lipinski definition) is 3. The fourth-order valence-electron chi connectivity index (χ4n) is 0.951. The third kappa shape index (κ3) is 1.60. The van der Waals surface area contributed by atoms with E-state index < -0.39 is 0 Å². The van der Waals surface area contributed by atoms with Crippen molar-refractivity contribution in [2.45, 2.75) is 6.92 Å². The first kappa shape index (κ1) is 8.37. The van der Waals surface area contributed by atoms with Gasteiger partial charge in [0, 0.05) is 18.6 Å². The van der Waals surface area contributed by atoms with Crippen molar-refractivity contribution in [2.75, 3.05) is 0 Å². The van der Waals surface area contributed by atoms with Crippen LogP contribution in [0.15, 0.2) is 29.1 Å². The largest absolute Gasteiger partial charge is 0.250 e. The maximum absolute atomic E-state index is 4.23. The molecule has 0 bridgehead atoms.